The van der Waals surface area contributed by atoms with Crippen molar-refractivity contribution in [3.8, 4) is 11.5 Å². The minimum Gasteiger partial charge on any atom is -0.505 e. The van der Waals surface area contributed by atoms with Crippen LogP contribution in [0.4, 0.5) is 28.4 Å². The topological polar surface area (TPSA) is 279 Å². The summed E-state index contributed by atoms with van der Waals surface area (Å²) in [6, 6.07) is 12.1. The molecule has 4 rings (SSSR count). The Labute approximate surface area is 275 Å². The molecule has 17 nitrogen and oxygen atoms in total. The van der Waals surface area contributed by atoms with Crippen molar-refractivity contribution in [1.29, 1.82) is 0 Å². The first-order chi connectivity index (χ1) is 22.3. The molecule has 0 saturated carbocycles. The van der Waals surface area contributed by atoms with Crippen LogP contribution in [-0.2, 0) is 39.9 Å². The van der Waals surface area contributed by atoms with Crippen molar-refractivity contribution in [2.24, 2.45) is 20.5 Å². The summed E-state index contributed by atoms with van der Waals surface area (Å²) in [6.45, 7) is 2.78. The number of benzene rings is 4. The van der Waals surface area contributed by atoms with E-state index >= 15 is 0 Å². The molecule has 0 unspecified atom stereocenters. The van der Waals surface area contributed by atoms with Gasteiger partial charge in [0.15, 0.2) is 31.2 Å². The molecule has 4 aromatic carbocycles. The van der Waals surface area contributed by atoms with E-state index in [-0.39, 0.29) is 44.2 Å². The third-order valence-electron chi connectivity index (χ3n) is 6.72. The lowest BCUT2D eigenvalue weighted by atomic mass is 10.1. The fraction of sp³-hybridized carbons (Fsp3) is 0.185. The van der Waals surface area contributed by atoms with Gasteiger partial charge in [-0.2, -0.15) is 21.9 Å². The fourth-order valence-corrected chi connectivity index (χ4v) is 7.00. The minimum atomic E-state index is -5.10. The summed E-state index contributed by atoms with van der Waals surface area (Å²) in [4.78, 5) is -1.64. The lowest BCUT2D eigenvalue weighted by Gasteiger charge is -2.12. The van der Waals surface area contributed by atoms with Crippen LogP contribution >= 0.6 is 0 Å². The quantitative estimate of drug-likeness (QED) is 0.0926. The largest absolute Gasteiger partial charge is 0.505 e. The summed E-state index contributed by atoms with van der Waals surface area (Å²) in [7, 11) is -17.1. The van der Waals surface area contributed by atoms with Gasteiger partial charge in [-0.3, -0.25) is 9.11 Å². The highest BCUT2D eigenvalue weighted by Crippen LogP contribution is 2.44. The van der Waals surface area contributed by atoms with Crippen LogP contribution in [0.1, 0.15) is 13.8 Å². The Morgan fingerprint density at radius 1 is 0.625 bits per heavy atom. The van der Waals surface area contributed by atoms with Crippen LogP contribution in [0.15, 0.2) is 95.8 Å². The number of anilines is 1. The van der Waals surface area contributed by atoms with Crippen molar-refractivity contribution in [2.75, 3.05) is 22.7 Å². The first kappa shape index (κ1) is 36.3. The molecule has 0 heterocycles. The summed E-state index contributed by atoms with van der Waals surface area (Å²) in [6.07, 6.45) is 0. The normalized spacial score (nSPS) is 13.1. The van der Waals surface area contributed by atoms with E-state index in [1.165, 1.54) is 62.4 Å². The van der Waals surface area contributed by atoms with Gasteiger partial charge in [0.1, 0.15) is 27.8 Å². The van der Waals surface area contributed by atoms with Crippen LogP contribution in [0.25, 0.3) is 10.8 Å². The zero-order chi connectivity index (χ0) is 35.7. The lowest BCUT2D eigenvalue weighted by Crippen LogP contribution is -2.13. The van der Waals surface area contributed by atoms with Crippen LogP contribution in [0.5, 0.6) is 11.5 Å². The molecule has 0 aromatic heterocycles. The van der Waals surface area contributed by atoms with Gasteiger partial charge in [-0.05, 0) is 60.7 Å². The maximum absolute atomic E-state index is 12.4. The second kappa shape index (κ2) is 13.5. The Hall–Kier alpha value is -4.54. The highest BCUT2D eigenvalue weighted by atomic mass is 32.2. The number of phenols is 2. The highest BCUT2D eigenvalue weighted by Gasteiger charge is 2.25. The highest BCUT2D eigenvalue weighted by molar-refractivity contribution is 7.91. The van der Waals surface area contributed by atoms with E-state index in [1.54, 1.807) is 0 Å². The Balaban J connectivity index is 1.83. The number of fused-ring (bicyclic) bond motifs is 1. The molecule has 0 fully saturated rings. The number of hydrogen-bond acceptors (Lipinski definition) is 15. The molecular formula is C27H27N5O12S4. The summed E-state index contributed by atoms with van der Waals surface area (Å²) in [5.74, 6) is -3.11. The first-order valence-corrected chi connectivity index (χ1v) is 19.8. The zero-order valence-corrected chi connectivity index (χ0v) is 28.1. The maximum atomic E-state index is 12.4. The van der Waals surface area contributed by atoms with Gasteiger partial charge in [0, 0.05) is 10.8 Å². The lowest BCUT2D eigenvalue weighted by molar-refractivity contribution is 0.443. The molecule has 0 saturated heterocycles. The third-order valence-corrected chi connectivity index (χ3v) is 11.6. The molecule has 0 aliphatic heterocycles. The van der Waals surface area contributed by atoms with Crippen LogP contribution in [0.2, 0.25) is 0 Å². The molecule has 0 radical (unpaired) electrons. The number of nitrogens with zero attached hydrogens (tertiary/aromatic N) is 4. The monoisotopic (exact) mass is 741 g/mol. The Bertz CT molecular complexity index is 2410. The first-order valence-electron chi connectivity index (χ1n) is 13.5. The fourth-order valence-electron chi connectivity index (χ4n) is 4.15. The van der Waals surface area contributed by atoms with Gasteiger partial charge < -0.3 is 15.5 Å². The standard InChI is InChI=1S/C27H27N5O12S4/c1-3-45(35,36)17-7-5-16(6-8-17)29-32-25-19-9-12-22(26(33)20(19)10-11-21(25)28-15-47(39,40)41)30-31-23-13-18(46(37,38)4-2)14-24(27(23)34)48(42,43)44/h5-14,28,33-34H,3-4,15H2,1-2H3,(H,39,40,41)(H,42,43,44)/b31-30+,32-29+. The average Bonchev–Trinajstić information content (AvgIpc) is 3.02. The van der Waals surface area contributed by atoms with Crippen molar-refractivity contribution in [2.45, 2.75) is 28.5 Å². The number of phenolic OH excluding ortho intramolecular Hbond substituents is 2. The number of rotatable bonds is 12. The molecule has 0 bridgehead atoms. The Morgan fingerprint density at radius 3 is 1.79 bits per heavy atom. The number of nitrogens with one attached hydrogen (secondary N) is 1. The predicted molar refractivity (Wildman–Crippen MR) is 174 cm³/mol. The predicted octanol–water partition coefficient (Wildman–Crippen LogP) is 5.17. The van der Waals surface area contributed by atoms with Crippen molar-refractivity contribution < 1.29 is 53.0 Å². The molecule has 0 atom stereocenters. The van der Waals surface area contributed by atoms with Gasteiger partial charge in [-0.15, -0.1) is 15.3 Å². The second-order valence-electron chi connectivity index (χ2n) is 9.86. The maximum Gasteiger partial charge on any atom is 0.298 e. The summed E-state index contributed by atoms with van der Waals surface area (Å²) in [5.41, 5.74) is -0.664. The van der Waals surface area contributed by atoms with Crippen molar-refractivity contribution in [1.82, 2.24) is 0 Å². The number of sulfone groups is 2. The van der Waals surface area contributed by atoms with Gasteiger partial charge in [0.25, 0.3) is 20.2 Å². The average molecular weight is 742 g/mol. The summed E-state index contributed by atoms with van der Waals surface area (Å²) in [5, 5.41) is 40.0. The van der Waals surface area contributed by atoms with Gasteiger partial charge in [0.05, 0.1) is 32.7 Å². The smallest absolute Gasteiger partial charge is 0.298 e. The van der Waals surface area contributed by atoms with E-state index in [2.05, 4.69) is 25.8 Å². The van der Waals surface area contributed by atoms with E-state index in [9.17, 15) is 53.0 Å². The van der Waals surface area contributed by atoms with E-state index in [0.717, 1.165) is 6.07 Å². The van der Waals surface area contributed by atoms with E-state index in [4.69, 9.17) is 0 Å². The number of azo groups is 2. The molecule has 5 N–H and O–H groups in total. The van der Waals surface area contributed by atoms with Crippen LogP contribution in [0.3, 0.4) is 0 Å². The third kappa shape index (κ3) is 8.11. The molecule has 4 aromatic rings. The van der Waals surface area contributed by atoms with Crippen LogP contribution in [-0.4, -0.2) is 70.4 Å². The summed E-state index contributed by atoms with van der Waals surface area (Å²) < 4.78 is 114. The SMILES string of the molecule is CCS(=O)(=O)c1ccc(/N=N/c2c(NCS(=O)(=O)O)ccc3c(O)c(/N=N/c4cc(S(=O)(=O)CC)cc(S(=O)(=O)O)c4O)ccc23)cc1. The molecule has 0 aliphatic rings. The van der Waals surface area contributed by atoms with Gasteiger partial charge in [-0.25, -0.2) is 16.8 Å². The number of aromatic hydroxyl groups is 2. The Kier molecular flexibility index (Phi) is 10.2. The van der Waals surface area contributed by atoms with Crippen LogP contribution < -0.4 is 5.32 Å². The number of hydrogen-bond donors (Lipinski definition) is 5. The van der Waals surface area contributed by atoms with Crippen LogP contribution in [0, 0.1) is 0 Å². The van der Waals surface area contributed by atoms with E-state index < -0.39 is 78.5 Å². The summed E-state index contributed by atoms with van der Waals surface area (Å²) >= 11 is 0. The molecule has 256 valence electrons. The van der Waals surface area contributed by atoms with Gasteiger partial charge in [0.2, 0.25) is 0 Å². The Morgan fingerprint density at radius 2 is 1.21 bits per heavy atom. The van der Waals surface area contributed by atoms with Crippen molar-refractivity contribution in [3.63, 3.8) is 0 Å². The van der Waals surface area contributed by atoms with Gasteiger partial charge in [-0.1, -0.05) is 13.8 Å². The molecule has 0 aliphatic carbocycles. The molecule has 48 heavy (non-hydrogen) atoms. The van der Waals surface area contributed by atoms with Crippen molar-refractivity contribution in [3.05, 3.63) is 60.7 Å². The van der Waals surface area contributed by atoms with Gasteiger partial charge >= 0.3 is 0 Å². The molecule has 0 amide bonds. The second-order valence-corrected chi connectivity index (χ2v) is 17.3. The molecule has 0 spiro atoms. The van der Waals surface area contributed by atoms with Crippen molar-refractivity contribution >= 4 is 79.1 Å². The minimum absolute atomic E-state index is 0.0203. The molecular weight excluding hydrogens is 715 g/mol. The molecule has 21 heteroatoms. The van der Waals surface area contributed by atoms with E-state index in [1.807, 2.05) is 0 Å². The zero-order valence-electron chi connectivity index (χ0n) is 24.9. The van der Waals surface area contributed by atoms with E-state index in [0.29, 0.717) is 6.07 Å².